The third-order valence-corrected chi connectivity index (χ3v) is 5.84. The Labute approximate surface area is 173 Å². The number of thioether (sulfide) groups is 1. The van der Waals surface area contributed by atoms with Gasteiger partial charge in [0.15, 0.2) is 0 Å². The number of carboxylic acid groups (broad SMARTS) is 1. The molecule has 28 heavy (non-hydrogen) atoms. The molecule has 0 spiro atoms. The first-order valence-corrected chi connectivity index (χ1v) is 10.3. The molecule has 0 unspecified atom stereocenters. The number of nitrogens with zero attached hydrogens (tertiary/aromatic N) is 1. The maximum absolute atomic E-state index is 12.8. The summed E-state index contributed by atoms with van der Waals surface area (Å²) in [6.07, 6.45) is 3.69. The molecule has 5 nitrogen and oxygen atoms in total. The van der Waals surface area contributed by atoms with Crippen LogP contribution in [0.3, 0.4) is 0 Å². The highest BCUT2D eigenvalue weighted by Crippen LogP contribution is 2.37. The Morgan fingerprint density at radius 3 is 2.79 bits per heavy atom. The lowest BCUT2D eigenvalue weighted by molar-refractivity contribution is -0.309. The molecule has 0 N–H and O–H groups in total. The average molecular weight is 415 g/mol. The summed E-state index contributed by atoms with van der Waals surface area (Å²) in [5, 5.41) is 13.2. The summed E-state index contributed by atoms with van der Waals surface area (Å²) < 4.78 is 6.16. The molecule has 1 aliphatic rings. The molecule has 2 aromatic carbocycles. The molecule has 7 heteroatoms. The molecule has 0 radical (unpaired) electrons. The van der Waals surface area contributed by atoms with Crippen molar-refractivity contribution in [2.75, 3.05) is 6.61 Å². The van der Waals surface area contributed by atoms with Crippen molar-refractivity contribution in [3.63, 3.8) is 0 Å². The molecular weight excluding hydrogens is 394 g/mol. The van der Waals surface area contributed by atoms with Crippen molar-refractivity contribution in [1.29, 1.82) is 0 Å². The van der Waals surface area contributed by atoms with Gasteiger partial charge in [0.2, 0.25) is 0 Å². The molecule has 0 saturated carbocycles. The Morgan fingerprint density at radius 1 is 1.32 bits per heavy atom. The fourth-order valence-electron chi connectivity index (χ4n) is 2.93. The van der Waals surface area contributed by atoms with E-state index in [1.807, 2.05) is 36.4 Å². The molecule has 1 amide bonds. The minimum absolute atomic E-state index is 0.210. The summed E-state index contributed by atoms with van der Waals surface area (Å²) >= 11 is 6.32. The number of aliphatic carboxylic acids is 1. The number of amides is 1. The Bertz CT molecular complexity index is 970. The first kappa shape index (κ1) is 20.4. The number of hydrogen-bond acceptors (Lipinski definition) is 6. The standard InChI is InChI=1S/C21H21NO4S2/c1-3-4-11-26-17-10-9-14-7-5-6-8-15(14)16(17)12-18-19(23)22(21(27)28-18)13(2)20(24)25/h5-10,12-13H,3-4,11H2,1-2H3,(H,24,25)/p-1/b18-12-/t13-/m1/s1. The molecule has 2 aromatic rings. The van der Waals surface area contributed by atoms with Crippen LogP contribution in [-0.4, -0.2) is 33.7 Å². The van der Waals surface area contributed by atoms with Crippen molar-refractivity contribution in [1.82, 2.24) is 4.90 Å². The fraction of sp³-hybridized carbons (Fsp3) is 0.286. The van der Waals surface area contributed by atoms with Gasteiger partial charge < -0.3 is 14.6 Å². The first-order valence-electron chi connectivity index (χ1n) is 9.06. The van der Waals surface area contributed by atoms with Gasteiger partial charge in [-0.25, -0.2) is 0 Å². The van der Waals surface area contributed by atoms with Crippen molar-refractivity contribution in [3.8, 4) is 5.75 Å². The molecule has 1 atom stereocenters. The van der Waals surface area contributed by atoms with Gasteiger partial charge in [0.05, 0.1) is 23.5 Å². The zero-order valence-electron chi connectivity index (χ0n) is 15.6. The lowest BCUT2D eigenvalue weighted by Crippen LogP contribution is -2.48. The van der Waals surface area contributed by atoms with Crippen LogP contribution in [-0.2, 0) is 9.59 Å². The maximum Gasteiger partial charge on any atom is 0.266 e. The van der Waals surface area contributed by atoms with Crippen molar-refractivity contribution in [2.24, 2.45) is 0 Å². The van der Waals surface area contributed by atoms with Gasteiger partial charge in [-0.05, 0) is 36.3 Å². The van der Waals surface area contributed by atoms with E-state index in [2.05, 4.69) is 6.92 Å². The Morgan fingerprint density at radius 2 is 2.07 bits per heavy atom. The van der Waals surface area contributed by atoms with Crippen LogP contribution in [0.1, 0.15) is 32.3 Å². The third kappa shape index (κ3) is 4.05. The van der Waals surface area contributed by atoms with Gasteiger partial charge in [-0.3, -0.25) is 9.69 Å². The van der Waals surface area contributed by atoms with E-state index < -0.39 is 17.9 Å². The predicted molar refractivity (Wildman–Crippen MR) is 114 cm³/mol. The van der Waals surface area contributed by atoms with E-state index in [1.165, 1.54) is 6.92 Å². The van der Waals surface area contributed by atoms with E-state index in [0.717, 1.165) is 45.8 Å². The Kier molecular flexibility index (Phi) is 6.36. The van der Waals surface area contributed by atoms with E-state index in [0.29, 0.717) is 17.3 Å². The van der Waals surface area contributed by atoms with Gasteiger partial charge in [0.25, 0.3) is 5.91 Å². The van der Waals surface area contributed by atoms with Gasteiger partial charge in [-0.2, -0.15) is 0 Å². The maximum atomic E-state index is 12.8. The van der Waals surface area contributed by atoms with Crippen LogP contribution < -0.4 is 9.84 Å². The molecule has 0 aliphatic carbocycles. The number of benzene rings is 2. The minimum Gasteiger partial charge on any atom is -0.548 e. The quantitative estimate of drug-likeness (QED) is 0.393. The highest BCUT2D eigenvalue weighted by atomic mass is 32.2. The number of carbonyl (C=O) groups is 2. The second kappa shape index (κ2) is 8.75. The summed E-state index contributed by atoms with van der Waals surface area (Å²) in [5.74, 6) is -1.09. The van der Waals surface area contributed by atoms with E-state index >= 15 is 0 Å². The van der Waals surface area contributed by atoms with Gasteiger partial charge in [0.1, 0.15) is 10.1 Å². The van der Waals surface area contributed by atoms with Gasteiger partial charge in [-0.15, -0.1) is 0 Å². The lowest BCUT2D eigenvalue weighted by atomic mass is 10.0. The van der Waals surface area contributed by atoms with E-state index in [9.17, 15) is 14.7 Å². The summed E-state index contributed by atoms with van der Waals surface area (Å²) in [7, 11) is 0. The average Bonchev–Trinajstić information content (AvgIpc) is 2.96. The molecule has 0 bridgehead atoms. The lowest BCUT2D eigenvalue weighted by Gasteiger charge is -2.23. The Balaban J connectivity index is 2.04. The predicted octanol–water partition coefficient (Wildman–Crippen LogP) is 3.36. The van der Waals surface area contributed by atoms with Crippen LogP contribution >= 0.6 is 24.0 Å². The largest absolute Gasteiger partial charge is 0.548 e. The highest BCUT2D eigenvalue weighted by Gasteiger charge is 2.36. The van der Waals surface area contributed by atoms with Crippen LogP contribution in [0.15, 0.2) is 41.3 Å². The smallest absolute Gasteiger partial charge is 0.266 e. The van der Waals surface area contributed by atoms with Crippen LogP contribution in [0, 0.1) is 0 Å². The van der Waals surface area contributed by atoms with Crippen LogP contribution in [0.2, 0.25) is 0 Å². The summed E-state index contributed by atoms with van der Waals surface area (Å²) in [5.41, 5.74) is 0.788. The number of carbonyl (C=O) groups excluding carboxylic acids is 2. The first-order chi connectivity index (χ1) is 13.4. The highest BCUT2D eigenvalue weighted by molar-refractivity contribution is 8.26. The van der Waals surface area contributed by atoms with Crippen molar-refractivity contribution < 1.29 is 19.4 Å². The summed E-state index contributed by atoms with van der Waals surface area (Å²) in [6, 6.07) is 10.6. The van der Waals surface area contributed by atoms with E-state index in [4.69, 9.17) is 17.0 Å². The molecule has 0 aromatic heterocycles. The zero-order chi connectivity index (χ0) is 20.3. The van der Waals surface area contributed by atoms with Crippen molar-refractivity contribution >= 4 is 57.0 Å². The molecule has 3 rings (SSSR count). The number of ether oxygens (including phenoxy) is 1. The van der Waals surface area contributed by atoms with Crippen LogP contribution in [0.25, 0.3) is 16.8 Å². The number of fused-ring (bicyclic) bond motifs is 1. The second-order valence-corrected chi connectivity index (χ2v) is 8.12. The normalized spacial score (nSPS) is 16.8. The number of unbranched alkanes of at least 4 members (excludes halogenated alkanes) is 1. The molecular formula is C21H20NO4S2-. The number of hydrogen-bond donors (Lipinski definition) is 0. The second-order valence-electron chi connectivity index (χ2n) is 6.45. The topological polar surface area (TPSA) is 69.7 Å². The van der Waals surface area contributed by atoms with Crippen molar-refractivity contribution in [3.05, 3.63) is 46.9 Å². The summed E-state index contributed by atoms with van der Waals surface area (Å²) in [6.45, 7) is 4.06. The minimum atomic E-state index is -1.34. The zero-order valence-corrected chi connectivity index (χ0v) is 17.3. The van der Waals surface area contributed by atoms with E-state index in [1.54, 1.807) is 6.08 Å². The fourth-order valence-corrected chi connectivity index (χ4v) is 4.33. The number of thiocarbonyl (C=S) groups is 1. The summed E-state index contributed by atoms with van der Waals surface area (Å²) in [4.78, 5) is 25.5. The molecule has 146 valence electrons. The number of carboxylic acids is 1. The van der Waals surface area contributed by atoms with E-state index in [-0.39, 0.29) is 4.32 Å². The van der Waals surface area contributed by atoms with Gasteiger partial charge >= 0.3 is 0 Å². The molecule has 1 fully saturated rings. The molecule has 1 aliphatic heterocycles. The van der Waals surface area contributed by atoms with Crippen LogP contribution in [0.5, 0.6) is 5.75 Å². The third-order valence-electron chi connectivity index (χ3n) is 4.51. The molecule has 1 heterocycles. The SMILES string of the molecule is CCCCOc1ccc2ccccc2c1/C=C1\SC(=S)N([C@H](C)C(=O)[O-])C1=O. The Hall–Kier alpha value is -2.38. The molecule has 1 saturated heterocycles. The van der Waals surface area contributed by atoms with Crippen molar-refractivity contribution in [2.45, 2.75) is 32.7 Å². The van der Waals surface area contributed by atoms with Gasteiger partial charge in [-0.1, -0.05) is 67.7 Å². The van der Waals surface area contributed by atoms with Gasteiger partial charge in [0, 0.05) is 5.56 Å². The van der Waals surface area contributed by atoms with Crippen LogP contribution in [0.4, 0.5) is 0 Å². The monoisotopic (exact) mass is 414 g/mol. The number of rotatable bonds is 7.